The van der Waals surface area contributed by atoms with E-state index >= 15 is 0 Å². The topological polar surface area (TPSA) is 26.0 Å². The van der Waals surface area contributed by atoms with E-state index in [1.807, 2.05) is 24.3 Å². The third-order valence-corrected chi connectivity index (χ3v) is 3.75. The number of halogens is 2. The van der Waals surface area contributed by atoms with Crippen molar-refractivity contribution in [3.05, 3.63) is 70.5 Å². The molecule has 2 N–H and O–H groups in total. The molecule has 3 heteroatoms. The van der Waals surface area contributed by atoms with Crippen molar-refractivity contribution in [1.82, 2.24) is 0 Å². The molecule has 2 aromatic rings. The highest BCUT2D eigenvalue weighted by Gasteiger charge is 2.25. The van der Waals surface area contributed by atoms with Crippen LogP contribution in [0.1, 0.15) is 18.1 Å². The summed E-state index contributed by atoms with van der Waals surface area (Å²) in [7, 11) is 0. The van der Waals surface area contributed by atoms with E-state index in [9.17, 15) is 4.39 Å². The van der Waals surface area contributed by atoms with Gasteiger partial charge in [0.25, 0.3) is 0 Å². The van der Waals surface area contributed by atoms with Crippen molar-refractivity contribution in [1.29, 1.82) is 0 Å². The smallest absolute Gasteiger partial charge is 0.123 e. The summed E-state index contributed by atoms with van der Waals surface area (Å²) < 4.78 is 12.9. The summed E-state index contributed by atoms with van der Waals surface area (Å²) in [6.45, 7) is 2.63. The Hall–Kier alpha value is -1.38. The molecule has 1 nitrogen and oxygen atoms in total. The van der Waals surface area contributed by atoms with Gasteiger partial charge in [0.15, 0.2) is 0 Å². The second kappa shape index (κ2) is 5.72. The minimum Gasteiger partial charge on any atom is -0.330 e. The second-order valence-corrected chi connectivity index (χ2v) is 5.51. The molecule has 100 valence electrons. The molecule has 0 heterocycles. The molecule has 2 rings (SSSR count). The van der Waals surface area contributed by atoms with Crippen LogP contribution in [0.15, 0.2) is 48.5 Å². The van der Waals surface area contributed by atoms with E-state index < -0.39 is 0 Å². The standard InChI is InChI=1S/C16H17ClFN/c1-16(11-19,13-4-6-14(17)7-5-13)10-12-2-8-15(18)9-3-12/h2-9H,10-11,19H2,1H3. The fraction of sp³-hybridized carbons (Fsp3) is 0.250. The third-order valence-electron chi connectivity index (χ3n) is 3.50. The van der Waals surface area contributed by atoms with Crippen LogP contribution in [0.25, 0.3) is 0 Å². The van der Waals surface area contributed by atoms with E-state index in [2.05, 4.69) is 6.92 Å². The maximum Gasteiger partial charge on any atom is 0.123 e. The number of benzene rings is 2. The molecule has 0 spiro atoms. The molecule has 0 aromatic heterocycles. The quantitative estimate of drug-likeness (QED) is 0.900. The van der Waals surface area contributed by atoms with Gasteiger partial charge in [-0.2, -0.15) is 0 Å². The summed E-state index contributed by atoms with van der Waals surface area (Å²) >= 11 is 5.91. The summed E-state index contributed by atoms with van der Waals surface area (Å²) in [6.07, 6.45) is 0.769. The van der Waals surface area contributed by atoms with Crippen molar-refractivity contribution in [3.63, 3.8) is 0 Å². The van der Waals surface area contributed by atoms with Crippen LogP contribution in [-0.2, 0) is 11.8 Å². The maximum atomic E-state index is 12.9. The van der Waals surface area contributed by atoms with Crippen molar-refractivity contribution >= 4 is 11.6 Å². The molecule has 0 bridgehead atoms. The molecule has 0 radical (unpaired) electrons. The molecule has 0 aliphatic carbocycles. The van der Waals surface area contributed by atoms with Gasteiger partial charge >= 0.3 is 0 Å². The van der Waals surface area contributed by atoms with Gasteiger partial charge in [0.05, 0.1) is 0 Å². The van der Waals surface area contributed by atoms with Gasteiger partial charge in [0, 0.05) is 17.0 Å². The summed E-state index contributed by atoms with van der Waals surface area (Å²) in [5.41, 5.74) is 7.99. The van der Waals surface area contributed by atoms with Crippen molar-refractivity contribution in [2.45, 2.75) is 18.8 Å². The van der Waals surface area contributed by atoms with Crippen molar-refractivity contribution in [2.75, 3.05) is 6.54 Å². The van der Waals surface area contributed by atoms with Gasteiger partial charge in [-0.1, -0.05) is 42.8 Å². The Labute approximate surface area is 118 Å². The minimum absolute atomic E-state index is 0.178. The molecular formula is C16H17ClFN. The van der Waals surface area contributed by atoms with Gasteiger partial charge in [-0.3, -0.25) is 0 Å². The van der Waals surface area contributed by atoms with Crippen LogP contribution < -0.4 is 5.73 Å². The fourth-order valence-corrected chi connectivity index (χ4v) is 2.32. The van der Waals surface area contributed by atoms with Crippen LogP contribution in [0.4, 0.5) is 4.39 Å². The molecule has 1 unspecified atom stereocenters. The molecule has 0 saturated heterocycles. The van der Waals surface area contributed by atoms with E-state index in [4.69, 9.17) is 17.3 Å². The van der Waals surface area contributed by atoms with Crippen LogP contribution in [0, 0.1) is 5.82 Å². The van der Waals surface area contributed by atoms with Crippen LogP contribution in [0.2, 0.25) is 5.02 Å². The zero-order chi connectivity index (χ0) is 13.9. The first-order valence-electron chi connectivity index (χ1n) is 6.24. The minimum atomic E-state index is -0.218. The zero-order valence-electron chi connectivity index (χ0n) is 10.9. The van der Waals surface area contributed by atoms with Gasteiger partial charge in [0.1, 0.15) is 5.82 Å². The molecule has 2 aromatic carbocycles. The Bertz CT molecular complexity index is 536. The lowest BCUT2D eigenvalue weighted by Gasteiger charge is -2.29. The van der Waals surface area contributed by atoms with Gasteiger partial charge < -0.3 is 5.73 Å². The maximum absolute atomic E-state index is 12.9. The van der Waals surface area contributed by atoms with E-state index in [0.29, 0.717) is 11.6 Å². The van der Waals surface area contributed by atoms with Crippen molar-refractivity contribution < 1.29 is 4.39 Å². The van der Waals surface area contributed by atoms with E-state index in [-0.39, 0.29) is 11.2 Å². The molecule has 0 fully saturated rings. The molecule has 1 atom stereocenters. The average molecular weight is 278 g/mol. The molecule has 0 aliphatic rings. The highest BCUT2D eigenvalue weighted by Crippen LogP contribution is 2.28. The van der Waals surface area contributed by atoms with Crippen molar-refractivity contribution in [3.8, 4) is 0 Å². The summed E-state index contributed by atoms with van der Waals surface area (Å²) in [5.74, 6) is -0.218. The van der Waals surface area contributed by atoms with E-state index in [0.717, 1.165) is 17.5 Å². The highest BCUT2D eigenvalue weighted by atomic mass is 35.5. The Morgan fingerprint density at radius 2 is 1.63 bits per heavy atom. The first-order valence-corrected chi connectivity index (χ1v) is 6.62. The largest absolute Gasteiger partial charge is 0.330 e. The predicted octanol–water partition coefficient (Wildman–Crippen LogP) is 3.94. The van der Waals surface area contributed by atoms with E-state index in [1.165, 1.54) is 12.1 Å². The lowest BCUT2D eigenvalue weighted by Crippen LogP contribution is -2.34. The van der Waals surface area contributed by atoms with Gasteiger partial charge in [-0.25, -0.2) is 4.39 Å². The molecule has 0 amide bonds. The third kappa shape index (κ3) is 3.34. The fourth-order valence-electron chi connectivity index (χ4n) is 2.20. The Morgan fingerprint density at radius 3 is 2.16 bits per heavy atom. The highest BCUT2D eigenvalue weighted by molar-refractivity contribution is 6.30. The van der Waals surface area contributed by atoms with E-state index in [1.54, 1.807) is 12.1 Å². The number of hydrogen-bond donors (Lipinski definition) is 1. The molecule has 19 heavy (non-hydrogen) atoms. The average Bonchev–Trinajstić information content (AvgIpc) is 2.42. The van der Waals surface area contributed by atoms with Gasteiger partial charge in [0.2, 0.25) is 0 Å². The predicted molar refractivity (Wildman–Crippen MR) is 78.0 cm³/mol. The first kappa shape index (κ1) is 14.0. The Balaban J connectivity index is 2.27. The van der Waals surface area contributed by atoms with Gasteiger partial charge in [-0.05, 0) is 41.8 Å². The zero-order valence-corrected chi connectivity index (χ0v) is 11.6. The number of rotatable bonds is 4. The van der Waals surface area contributed by atoms with Crippen LogP contribution in [-0.4, -0.2) is 6.54 Å². The van der Waals surface area contributed by atoms with Crippen LogP contribution in [0.3, 0.4) is 0 Å². The summed E-state index contributed by atoms with van der Waals surface area (Å²) in [5, 5.41) is 0.713. The summed E-state index contributed by atoms with van der Waals surface area (Å²) in [4.78, 5) is 0. The SMILES string of the molecule is CC(CN)(Cc1ccc(F)cc1)c1ccc(Cl)cc1. The molecule has 0 aliphatic heterocycles. The monoisotopic (exact) mass is 277 g/mol. The Morgan fingerprint density at radius 1 is 1.05 bits per heavy atom. The van der Waals surface area contributed by atoms with Crippen LogP contribution >= 0.6 is 11.6 Å². The Kier molecular flexibility index (Phi) is 4.23. The lowest BCUT2D eigenvalue weighted by atomic mass is 9.77. The first-order chi connectivity index (χ1) is 9.03. The van der Waals surface area contributed by atoms with Gasteiger partial charge in [-0.15, -0.1) is 0 Å². The van der Waals surface area contributed by atoms with Crippen molar-refractivity contribution in [2.24, 2.45) is 5.73 Å². The number of nitrogens with two attached hydrogens (primary N) is 1. The van der Waals surface area contributed by atoms with Crippen LogP contribution in [0.5, 0.6) is 0 Å². The summed E-state index contributed by atoms with van der Waals surface area (Å²) in [6, 6.07) is 14.3. The molecular weight excluding hydrogens is 261 g/mol. The molecule has 0 saturated carbocycles. The lowest BCUT2D eigenvalue weighted by molar-refractivity contribution is 0.480. The normalized spacial score (nSPS) is 14.1. The number of hydrogen-bond acceptors (Lipinski definition) is 1. The second-order valence-electron chi connectivity index (χ2n) is 5.07.